The van der Waals surface area contributed by atoms with Crippen molar-refractivity contribution >= 4 is 22.4 Å². The van der Waals surface area contributed by atoms with Crippen LogP contribution >= 0.6 is 0 Å². The van der Waals surface area contributed by atoms with Crippen LogP contribution in [-0.2, 0) is 4.74 Å². The van der Waals surface area contributed by atoms with Gasteiger partial charge in [0.05, 0.1) is 12.3 Å². The average molecular weight is 493 g/mol. The van der Waals surface area contributed by atoms with E-state index in [2.05, 4.69) is 15.4 Å². The van der Waals surface area contributed by atoms with Crippen molar-refractivity contribution in [2.24, 2.45) is 0 Å². The topological polar surface area (TPSA) is 78.3 Å². The van der Waals surface area contributed by atoms with Crippen LogP contribution in [0.15, 0.2) is 91.0 Å². The molecule has 0 aliphatic rings. The van der Waals surface area contributed by atoms with Crippen LogP contribution in [0.1, 0.15) is 22.8 Å². The number of carbonyl (C=O) groups excluding carboxylic acids is 1. The largest absolute Gasteiger partial charge is 0.460 e. The maximum Gasteiger partial charge on any atom is 0.336 e. The number of aryl methyl sites for hydroxylation is 1. The molecule has 1 heterocycles. The van der Waals surface area contributed by atoms with Gasteiger partial charge < -0.3 is 14.8 Å². The van der Waals surface area contributed by atoms with Crippen molar-refractivity contribution in [3.63, 3.8) is 0 Å². The number of hydrogen-bond donors (Lipinski definition) is 1. The number of amides is 1. The number of aromatic nitrogens is 3. The number of benzene rings is 4. The van der Waals surface area contributed by atoms with E-state index >= 15 is 0 Å². The molecule has 0 unspecified atom stereocenters. The van der Waals surface area contributed by atoms with Crippen LogP contribution in [0.5, 0.6) is 6.01 Å². The first-order chi connectivity index (χ1) is 18.1. The van der Waals surface area contributed by atoms with Crippen LogP contribution in [-0.4, -0.2) is 40.5 Å². The Labute approximate surface area is 215 Å². The molecule has 0 spiro atoms. The lowest BCUT2D eigenvalue weighted by atomic mass is 10.1. The van der Waals surface area contributed by atoms with Gasteiger partial charge in [-0.05, 0) is 66.6 Å². The Kier molecular flexibility index (Phi) is 7.23. The second-order valence-corrected chi connectivity index (χ2v) is 8.55. The van der Waals surface area contributed by atoms with E-state index < -0.39 is 0 Å². The van der Waals surface area contributed by atoms with E-state index in [4.69, 9.17) is 9.47 Å². The van der Waals surface area contributed by atoms with Crippen molar-refractivity contribution < 1.29 is 14.3 Å². The SMILES string of the molecule is CCOCCOc1nc(-c2ccccc2C)n(-c2ccc(NC(=O)c3ccc4ccccc4c3)cc2)n1. The minimum atomic E-state index is -0.162. The molecule has 0 aliphatic heterocycles. The first-order valence-electron chi connectivity index (χ1n) is 12.3. The van der Waals surface area contributed by atoms with Crippen LogP contribution < -0.4 is 10.1 Å². The fraction of sp³-hybridized carbons (Fsp3) is 0.167. The van der Waals surface area contributed by atoms with Gasteiger partial charge in [-0.3, -0.25) is 4.79 Å². The third-order valence-electron chi connectivity index (χ3n) is 6.02. The number of nitrogens with one attached hydrogen (secondary N) is 1. The summed E-state index contributed by atoms with van der Waals surface area (Å²) in [5, 5.41) is 9.71. The van der Waals surface area contributed by atoms with Gasteiger partial charge in [-0.15, -0.1) is 5.10 Å². The van der Waals surface area contributed by atoms with Gasteiger partial charge in [0, 0.05) is 23.4 Å². The molecule has 0 saturated heterocycles. The Morgan fingerprint density at radius 1 is 0.892 bits per heavy atom. The number of carbonyl (C=O) groups is 1. The number of rotatable bonds is 9. The first-order valence-corrected chi connectivity index (χ1v) is 12.3. The van der Waals surface area contributed by atoms with E-state index in [0.29, 0.717) is 36.9 Å². The van der Waals surface area contributed by atoms with Crippen LogP contribution in [0.2, 0.25) is 0 Å². The molecular formula is C30H28N4O3. The maximum atomic E-state index is 12.9. The molecule has 1 aromatic heterocycles. The molecule has 186 valence electrons. The van der Waals surface area contributed by atoms with E-state index in [0.717, 1.165) is 27.6 Å². The molecule has 7 nitrogen and oxygen atoms in total. The smallest absolute Gasteiger partial charge is 0.336 e. The van der Waals surface area contributed by atoms with Crippen molar-refractivity contribution in [2.75, 3.05) is 25.1 Å². The summed E-state index contributed by atoms with van der Waals surface area (Å²) in [5.41, 5.74) is 4.14. The molecule has 5 aromatic rings. The van der Waals surface area contributed by atoms with E-state index in [1.54, 1.807) is 4.68 Å². The Balaban J connectivity index is 1.38. The van der Waals surface area contributed by atoms with Gasteiger partial charge >= 0.3 is 6.01 Å². The third-order valence-corrected chi connectivity index (χ3v) is 6.02. The molecule has 5 rings (SSSR count). The number of anilines is 1. The predicted molar refractivity (Wildman–Crippen MR) is 145 cm³/mol. The van der Waals surface area contributed by atoms with Gasteiger partial charge in [-0.25, -0.2) is 4.68 Å². The second kappa shape index (κ2) is 11.1. The van der Waals surface area contributed by atoms with Gasteiger partial charge in [-0.1, -0.05) is 54.6 Å². The van der Waals surface area contributed by atoms with Crippen molar-refractivity contribution in [1.29, 1.82) is 0 Å². The molecule has 1 N–H and O–H groups in total. The lowest BCUT2D eigenvalue weighted by Crippen LogP contribution is -2.12. The summed E-state index contributed by atoms with van der Waals surface area (Å²) in [6, 6.07) is 29.5. The van der Waals surface area contributed by atoms with E-state index in [9.17, 15) is 4.79 Å². The van der Waals surface area contributed by atoms with Crippen LogP contribution in [0, 0.1) is 6.92 Å². The monoisotopic (exact) mass is 492 g/mol. The lowest BCUT2D eigenvalue weighted by molar-refractivity contribution is 0.102. The standard InChI is InChI=1S/C30H28N4O3/c1-3-36-18-19-37-30-32-28(27-11-7-4-8-21(27)2)34(33-30)26-16-14-25(15-17-26)31-29(35)24-13-12-22-9-5-6-10-23(22)20-24/h4-17,20H,3,18-19H2,1-2H3,(H,31,35). The summed E-state index contributed by atoms with van der Waals surface area (Å²) in [5.74, 6) is 0.516. The van der Waals surface area contributed by atoms with Crippen molar-refractivity contribution in [2.45, 2.75) is 13.8 Å². The van der Waals surface area contributed by atoms with Gasteiger partial charge in [0.25, 0.3) is 5.91 Å². The van der Waals surface area contributed by atoms with Crippen LogP contribution in [0.25, 0.3) is 27.8 Å². The summed E-state index contributed by atoms with van der Waals surface area (Å²) in [4.78, 5) is 17.5. The first kappa shape index (κ1) is 24.2. The molecule has 0 bridgehead atoms. The molecule has 0 saturated carbocycles. The molecule has 37 heavy (non-hydrogen) atoms. The molecule has 0 atom stereocenters. The Hall–Kier alpha value is -4.49. The molecule has 0 fully saturated rings. The zero-order valence-corrected chi connectivity index (χ0v) is 20.8. The maximum absolute atomic E-state index is 12.9. The third kappa shape index (κ3) is 5.52. The second-order valence-electron chi connectivity index (χ2n) is 8.55. The van der Waals surface area contributed by atoms with Crippen LogP contribution in [0.4, 0.5) is 5.69 Å². The summed E-state index contributed by atoms with van der Waals surface area (Å²) in [6.07, 6.45) is 0. The van der Waals surface area contributed by atoms with Gasteiger partial charge in [0.15, 0.2) is 5.82 Å². The van der Waals surface area contributed by atoms with E-state index in [1.165, 1.54) is 0 Å². The fourth-order valence-corrected chi connectivity index (χ4v) is 4.09. The van der Waals surface area contributed by atoms with Crippen molar-refractivity contribution in [3.8, 4) is 23.1 Å². The minimum Gasteiger partial charge on any atom is -0.460 e. The Morgan fingerprint density at radius 3 is 2.43 bits per heavy atom. The molecule has 4 aromatic carbocycles. The predicted octanol–water partition coefficient (Wildman–Crippen LogP) is 6.06. The molecule has 7 heteroatoms. The van der Waals surface area contributed by atoms with Gasteiger partial charge in [0.1, 0.15) is 6.61 Å². The van der Waals surface area contributed by atoms with Crippen molar-refractivity contribution in [1.82, 2.24) is 14.8 Å². The molecule has 0 aliphatic carbocycles. The fourth-order valence-electron chi connectivity index (χ4n) is 4.09. The summed E-state index contributed by atoms with van der Waals surface area (Å²) in [6.45, 7) is 5.44. The van der Waals surface area contributed by atoms with Crippen LogP contribution in [0.3, 0.4) is 0 Å². The van der Waals surface area contributed by atoms with Gasteiger partial charge in [-0.2, -0.15) is 4.98 Å². The van der Waals surface area contributed by atoms with Crippen molar-refractivity contribution in [3.05, 3.63) is 102 Å². The number of hydrogen-bond acceptors (Lipinski definition) is 5. The highest BCUT2D eigenvalue weighted by molar-refractivity contribution is 6.06. The average Bonchev–Trinajstić information content (AvgIpc) is 3.35. The summed E-state index contributed by atoms with van der Waals surface area (Å²) in [7, 11) is 0. The highest BCUT2D eigenvalue weighted by Gasteiger charge is 2.16. The normalized spacial score (nSPS) is 11.0. The highest BCUT2D eigenvalue weighted by atomic mass is 16.5. The quantitative estimate of drug-likeness (QED) is 0.253. The number of nitrogens with zero attached hydrogens (tertiary/aromatic N) is 3. The molecule has 0 radical (unpaired) electrons. The zero-order chi connectivity index (χ0) is 25.6. The summed E-state index contributed by atoms with van der Waals surface area (Å²) >= 11 is 0. The van der Waals surface area contributed by atoms with Gasteiger partial charge in [0.2, 0.25) is 0 Å². The zero-order valence-electron chi connectivity index (χ0n) is 20.8. The van der Waals surface area contributed by atoms with E-state index in [1.807, 2.05) is 105 Å². The van der Waals surface area contributed by atoms with E-state index in [-0.39, 0.29) is 11.9 Å². The number of fused-ring (bicyclic) bond motifs is 1. The Bertz CT molecular complexity index is 1530. The summed E-state index contributed by atoms with van der Waals surface area (Å²) < 4.78 is 12.9. The number of ether oxygens (including phenoxy) is 2. The minimum absolute atomic E-state index is 0.162. The Morgan fingerprint density at radius 2 is 1.65 bits per heavy atom. The molecular weight excluding hydrogens is 464 g/mol. The highest BCUT2D eigenvalue weighted by Crippen LogP contribution is 2.27. The molecule has 1 amide bonds. The lowest BCUT2D eigenvalue weighted by Gasteiger charge is -2.10.